The lowest BCUT2D eigenvalue weighted by atomic mass is 10.1. The van der Waals surface area contributed by atoms with Crippen molar-refractivity contribution in [1.82, 2.24) is 5.16 Å². The van der Waals surface area contributed by atoms with Gasteiger partial charge < -0.3 is 14.5 Å². The van der Waals surface area contributed by atoms with Gasteiger partial charge in [-0.3, -0.25) is 4.79 Å². The van der Waals surface area contributed by atoms with Crippen molar-refractivity contribution in [2.24, 2.45) is 0 Å². The summed E-state index contributed by atoms with van der Waals surface area (Å²) in [5.74, 6) is -0.00121. The van der Waals surface area contributed by atoms with Gasteiger partial charge in [0, 0.05) is 24.2 Å². The number of nitrogens with zero attached hydrogens (tertiary/aromatic N) is 2. The fraction of sp³-hybridized carbons (Fsp3) is 0.125. The van der Waals surface area contributed by atoms with Crippen molar-refractivity contribution in [2.75, 3.05) is 11.9 Å². The number of aromatic nitrogens is 1. The zero-order valence-electron chi connectivity index (χ0n) is 11.5. The maximum atomic E-state index is 12.3. The molecule has 3 rings (SSSR count). The van der Waals surface area contributed by atoms with Crippen molar-refractivity contribution in [2.45, 2.75) is 6.42 Å². The minimum absolute atomic E-state index is 0.124. The van der Waals surface area contributed by atoms with Crippen LogP contribution in [-0.2, 0) is 11.2 Å². The molecule has 2 aromatic carbocycles. The lowest BCUT2D eigenvalue weighted by Crippen LogP contribution is -2.27. The molecule has 106 valence electrons. The van der Waals surface area contributed by atoms with E-state index in [9.17, 15) is 9.90 Å². The SMILES string of the molecule is CN(C(=O)Cc1noc2ccccc12)c1cccc(O)c1. The molecule has 1 N–H and O–H groups in total. The van der Waals surface area contributed by atoms with Gasteiger partial charge in [0.25, 0.3) is 0 Å². The average molecular weight is 282 g/mol. The van der Waals surface area contributed by atoms with Gasteiger partial charge >= 0.3 is 0 Å². The van der Waals surface area contributed by atoms with Crippen LogP contribution in [0.15, 0.2) is 53.1 Å². The van der Waals surface area contributed by atoms with Crippen molar-refractivity contribution in [1.29, 1.82) is 0 Å². The summed E-state index contributed by atoms with van der Waals surface area (Å²) in [5, 5.41) is 14.3. The van der Waals surface area contributed by atoms with Crippen LogP contribution in [0.1, 0.15) is 5.69 Å². The number of fused-ring (bicyclic) bond motifs is 1. The molecule has 0 unspecified atom stereocenters. The summed E-state index contributed by atoms with van der Waals surface area (Å²) in [6.45, 7) is 0. The predicted molar refractivity (Wildman–Crippen MR) is 79.2 cm³/mol. The summed E-state index contributed by atoms with van der Waals surface area (Å²) in [5.41, 5.74) is 1.91. The highest BCUT2D eigenvalue weighted by Crippen LogP contribution is 2.22. The quantitative estimate of drug-likeness (QED) is 0.802. The number of hydrogen-bond acceptors (Lipinski definition) is 4. The van der Waals surface area contributed by atoms with Crippen molar-refractivity contribution in [3.8, 4) is 5.75 Å². The van der Waals surface area contributed by atoms with Gasteiger partial charge in [-0.1, -0.05) is 23.4 Å². The Balaban J connectivity index is 1.83. The van der Waals surface area contributed by atoms with Crippen molar-refractivity contribution >= 4 is 22.6 Å². The molecule has 0 bridgehead atoms. The van der Waals surface area contributed by atoms with Crippen molar-refractivity contribution in [3.63, 3.8) is 0 Å². The number of hydrogen-bond donors (Lipinski definition) is 1. The Morgan fingerprint density at radius 1 is 1.24 bits per heavy atom. The highest BCUT2D eigenvalue weighted by molar-refractivity contribution is 5.96. The first-order chi connectivity index (χ1) is 10.1. The van der Waals surface area contributed by atoms with Gasteiger partial charge in [0.1, 0.15) is 11.4 Å². The Morgan fingerprint density at radius 2 is 2.05 bits per heavy atom. The molecule has 1 heterocycles. The molecule has 0 aliphatic heterocycles. The molecule has 0 fully saturated rings. The smallest absolute Gasteiger partial charge is 0.232 e. The zero-order chi connectivity index (χ0) is 14.8. The molecule has 0 saturated heterocycles. The fourth-order valence-electron chi connectivity index (χ4n) is 2.17. The first-order valence-electron chi connectivity index (χ1n) is 6.54. The Labute approximate surface area is 121 Å². The molecule has 21 heavy (non-hydrogen) atoms. The fourth-order valence-corrected chi connectivity index (χ4v) is 2.17. The van der Waals surface area contributed by atoms with Crippen LogP contribution in [0.25, 0.3) is 11.0 Å². The Kier molecular flexibility index (Phi) is 3.31. The zero-order valence-corrected chi connectivity index (χ0v) is 11.5. The normalized spacial score (nSPS) is 10.7. The van der Waals surface area contributed by atoms with E-state index in [1.54, 1.807) is 31.3 Å². The standard InChI is InChI=1S/C16H14N2O3/c1-18(11-5-4-6-12(19)9-11)16(20)10-14-13-7-2-3-8-15(13)21-17-14/h2-9,19H,10H2,1H3. The number of para-hydroxylation sites is 1. The number of anilines is 1. The summed E-state index contributed by atoms with van der Waals surface area (Å²) in [7, 11) is 1.67. The third-order valence-electron chi connectivity index (χ3n) is 3.36. The number of rotatable bonds is 3. The van der Waals surface area contributed by atoms with Gasteiger partial charge in [-0.15, -0.1) is 0 Å². The van der Waals surface area contributed by atoms with E-state index in [1.165, 1.54) is 4.90 Å². The number of amides is 1. The van der Waals surface area contributed by atoms with Crippen LogP contribution in [0.5, 0.6) is 5.75 Å². The van der Waals surface area contributed by atoms with E-state index in [1.807, 2.05) is 24.3 Å². The summed E-state index contributed by atoms with van der Waals surface area (Å²) in [6.07, 6.45) is 0.142. The van der Waals surface area contributed by atoms with Gasteiger partial charge in [0.2, 0.25) is 5.91 Å². The van der Waals surface area contributed by atoms with E-state index in [2.05, 4.69) is 5.16 Å². The largest absolute Gasteiger partial charge is 0.508 e. The number of phenols is 1. The van der Waals surface area contributed by atoms with Crippen LogP contribution >= 0.6 is 0 Å². The first kappa shape index (κ1) is 13.2. The lowest BCUT2D eigenvalue weighted by Gasteiger charge is -2.16. The Bertz CT molecular complexity index is 795. The molecule has 0 aliphatic carbocycles. The molecule has 0 aliphatic rings. The third kappa shape index (κ3) is 2.58. The second-order valence-electron chi connectivity index (χ2n) is 4.77. The minimum atomic E-state index is -0.125. The average Bonchev–Trinajstić information content (AvgIpc) is 2.90. The van der Waals surface area contributed by atoms with E-state index in [-0.39, 0.29) is 18.1 Å². The van der Waals surface area contributed by atoms with E-state index < -0.39 is 0 Å². The maximum Gasteiger partial charge on any atom is 0.232 e. The van der Waals surface area contributed by atoms with Crippen LogP contribution < -0.4 is 4.90 Å². The monoisotopic (exact) mass is 282 g/mol. The first-order valence-corrected chi connectivity index (χ1v) is 6.54. The van der Waals surface area contributed by atoms with Gasteiger partial charge in [-0.2, -0.15) is 0 Å². The van der Waals surface area contributed by atoms with Crippen LogP contribution in [0.2, 0.25) is 0 Å². The van der Waals surface area contributed by atoms with Crippen LogP contribution in [0.4, 0.5) is 5.69 Å². The molecule has 1 aromatic heterocycles. The molecular formula is C16H14N2O3. The van der Waals surface area contributed by atoms with Gasteiger partial charge in [0.05, 0.1) is 6.42 Å². The molecule has 0 saturated carbocycles. The molecule has 5 heteroatoms. The van der Waals surface area contributed by atoms with Gasteiger partial charge in [-0.05, 0) is 24.3 Å². The number of carbonyl (C=O) groups excluding carboxylic acids is 1. The van der Waals surface area contributed by atoms with Crippen molar-refractivity contribution in [3.05, 3.63) is 54.2 Å². The number of likely N-dealkylation sites (N-methyl/N-ethyl adjacent to an activating group) is 1. The van der Waals surface area contributed by atoms with Gasteiger partial charge in [-0.25, -0.2) is 0 Å². The molecule has 5 nitrogen and oxygen atoms in total. The van der Waals surface area contributed by atoms with Crippen LogP contribution in [-0.4, -0.2) is 23.2 Å². The summed E-state index contributed by atoms with van der Waals surface area (Å²) < 4.78 is 5.19. The Morgan fingerprint density at radius 3 is 2.86 bits per heavy atom. The molecular weight excluding hydrogens is 268 g/mol. The van der Waals surface area contributed by atoms with E-state index in [4.69, 9.17) is 4.52 Å². The highest BCUT2D eigenvalue weighted by atomic mass is 16.5. The van der Waals surface area contributed by atoms with E-state index in [0.29, 0.717) is 17.0 Å². The van der Waals surface area contributed by atoms with Crippen LogP contribution in [0.3, 0.4) is 0 Å². The van der Waals surface area contributed by atoms with Crippen LogP contribution in [0, 0.1) is 0 Å². The summed E-state index contributed by atoms with van der Waals surface area (Å²) >= 11 is 0. The second kappa shape index (κ2) is 5.28. The maximum absolute atomic E-state index is 12.3. The van der Waals surface area contributed by atoms with Gasteiger partial charge in [0.15, 0.2) is 5.58 Å². The van der Waals surface area contributed by atoms with E-state index >= 15 is 0 Å². The third-order valence-corrected chi connectivity index (χ3v) is 3.36. The van der Waals surface area contributed by atoms with Crippen molar-refractivity contribution < 1.29 is 14.4 Å². The second-order valence-corrected chi connectivity index (χ2v) is 4.77. The topological polar surface area (TPSA) is 66.6 Å². The number of benzene rings is 2. The molecule has 3 aromatic rings. The number of phenolic OH excluding ortho intramolecular Hbond substituents is 1. The molecule has 0 atom stereocenters. The number of carbonyl (C=O) groups is 1. The van der Waals surface area contributed by atoms with E-state index in [0.717, 1.165) is 5.39 Å². The molecule has 1 amide bonds. The predicted octanol–water partition coefficient (Wildman–Crippen LogP) is 2.74. The summed E-state index contributed by atoms with van der Waals surface area (Å²) in [4.78, 5) is 13.8. The highest BCUT2D eigenvalue weighted by Gasteiger charge is 2.16. The molecule has 0 spiro atoms. The number of aromatic hydroxyl groups is 1. The lowest BCUT2D eigenvalue weighted by molar-refractivity contribution is -0.117. The Hall–Kier alpha value is -2.82. The summed E-state index contributed by atoms with van der Waals surface area (Å²) in [6, 6.07) is 14.0. The molecule has 0 radical (unpaired) electrons. The minimum Gasteiger partial charge on any atom is -0.508 e.